The summed E-state index contributed by atoms with van der Waals surface area (Å²) in [6, 6.07) is 5.52. The van der Waals surface area contributed by atoms with Gasteiger partial charge in [0.25, 0.3) is 0 Å². The number of fused-ring (bicyclic) bond motifs is 3. The highest BCUT2D eigenvalue weighted by Crippen LogP contribution is 2.33. The number of ether oxygens (including phenoxy) is 4. The van der Waals surface area contributed by atoms with Crippen molar-refractivity contribution in [3.8, 4) is 11.5 Å². The van der Waals surface area contributed by atoms with Crippen LogP contribution in [0.25, 0.3) is 0 Å². The predicted octanol–water partition coefficient (Wildman–Crippen LogP) is 5.44. The van der Waals surface area contributed by atoms with E-state index in [2.05, 4.69) is 29.4 Å². The third kappa shape index (κ3) is 12.4. The number of aliphatic hydroxyl groups is 1. The van der Waals surface area contributed by atoms with Crippen molar-refractivity contribution in [3.63, 3.8) is 0 Å². The molecule has 1 unspecified atom stereocenters. The summed E-state index contributed by atoms with van der Waals surface area (Å²) in [7, 11) is 3.30. The number of hydrogen-bond acceptors (Lipinski definition) is 8. The first-order valence-electron chi connectivity index (χ1n) is 17.7. The van der Waals surface area contributed by atoms with Crippen LogP contribution in [0.1, 0.15) is 86.1 Å². The molecule has 0 aromatic heterocycles. The number of rotatable bonds is 18. The minimum Gasteiger partial charge on any atom is -0.493 e. The topological polar surface area (TPSA) is 119 Å². The molecule has 1 aromatic rings. The zero-order valence-electron chi connectivity index (χ0n) is 30.5. The molecule has 0 saturated carbocycles. The van der Waals surface area contributed by atoms with Crippen LogP contribution < -0.4 is 20.1 Å². The average molecular weight is 662 g/mol. The van der Waals surface area contributed by atoms with Crippen molar-refractivity contribution in [2.45, 2.75) is 111 Å². The number of aliphatic hydroxyl groups excluding tert-OH is 1. The molecular weight excluding hydrogens is 598 g/mol. The average Bonchev–Trinajstić information content (AvgIpc) is 3.00. The van der Waals surface area contributed by atoms with Gasteiger partial charge in [-0.1, -0.05) is 33.8 Å². The highest BCUT2D eigenvalue weighted by molar-refractivity contribution is 5.79. The summed E-state index contributed by atoms with van der Waals surface area (Å²) in [5, 5.41) is 18.1. The van der Waals surface area contributed by atoms with Gasteiger partial charge < -0.3 is 39.6 Å². The van der Waals surface area contributed by atoms with Gasteiger partial charge in [-0.3, -0.25) is 4.79 Å². The molecule has 1 aromatic carbocycles. The Bertz CT molecular complexity index is 1110. The van der Waals surface area contributed by atoms with Crippen LogP contribution in [0.15, 0.2) is 18.2 Å². The molecule has 3 N–H and O–H groups in total. The highest BCUT2D eigenvalue weighted by Gasteiger charge is 2.38. The number of methoxy groups -OCH3 is 2. The van der Waals surface area contributed by atoms with E-state index >= 15 is 0 Å². The summed E-state index contributed by atoms with van der Waals surface area (Å²) in [5.74, 6) is 1.85. The van der Waals surface area contributed by atoms with Crippen molar-refractivity contribution in [3.05, 3.63) is 23.8 Å². The molecule has 5 atom stereocenters. The molecule has 2 bridgehead atoms. The van der Waals surface area contributed by atoms with E-state index in [1.807, 2.05) is 52.8 Å². The molecule has 2 amide bonds. The first-order chi connectivity index (χ1) is 22.2. The number of carbonyl (C=O) groups excluding carboxylic acids is 2. The van der Waals surface area contributed by atoms with Gasteiger partial charge in [-0.2, -0.15) is 0 Å². The standard InChI is InChI=1S/C37H63N3O7/c1-24(2)28(19-26-11-12-33(45-9)34(20-26)46-18-10-17-44-8)21-30(39-36(43)47-37(5,6)7)32(41)22-29(25(3)4)35(42)38-31-23-40-15-13-27(31)14-16-40/h11-12,20,24-25,27-32,41H,10,13-19,21-23H2,1-9H3,(H,38,42)(H,39,43)/t28-,29+,30+,31?,32-/m1/s1. The second-order valence-electron chi connectivity index (χ2n) is 15.3. The van der Waals surface area contributed by atoms with Crippen LogP contribution in [-0.4, -0.2) is 92.9 Å². The lowest BCUT2D eigenvalue weighted by molar-refractivity contribution is -0.129. The Morgan fingerprint density at radius 2 is 1.70 bits per heavy atom. The first-order valence-corrected chi connectivity index (χ1v) is 17.7. The number of piperidine rings is 3. The Kier molecular flexibility index (Phi) is 15.1. The minimum absolute atomic E-state index is 0.00881. The third-order valence-corrected chi connectivity index (χ3v) is 9.76. The van der Waals surface area contributed by atoms with E-state index in [-0.39, 0.29) is 42.0 Å². The van der Waals surface area contributed by atoms with Gasteiger partial charge in [0.2, 0.25) is 5.91 Å². The van der Waals surface area contributed by atoms with Crippen LogP contribution in [0.3, 0.4) is 0 Å². The molecule has 3 aliphatic heterocycles. The quantitative estimate of drug-likeness (QED) is 0.178. The zero-order valence-corrected chi connectivity index (χ0v) is 30.5. The Balaban J connectivity index is 1.77. The summed E-state index contributed by atoms with van der Waals surface area (Å²) in [5.41, 5.74) is 0.393. The van der Waals surface area contributed by atoms with Gasteiger partial charge in [0.1, 0.15) is 5.60 Å². The fraction of sp³-hybridized carbons (Fsp3) is 0.784. The molecule has 3 fully saturated rings. The van der Waals surface area contributed by atoms with E-state index in [4.69, 9.17) is 18.9 Å². The first kappa shape index (κ1) is 38.9. The van der Waals surface area contributed by atoms with Gasteiger partial charge in [-0.25, -0.2) is 4.79 Å². The Morgan fingerprint density at radius 3 is 2.26 bits per heavy atom. The second-order valence-corrected chi connectivity index (χ2v) is 15.3. The number of nitrogens with zero attached hydrogens (tertiary/aromatic N) is 1. The monoisotopic (exact) mass is 661 g/mol. The SMILES string of the molecule is COCCCOc1cc(C[C@H](C[C@H](NC(=O)OC(C)(C)C)[C@H](O)C[C@H](C(=O)NC2CN3CCC2CC3)C(C)C)C(C)C)ccc1OC. The maximum absolute atomic E-state index is 13.7. The van der Waals surface area contributed by atoms with Crippen molar-refractivity contribution in [2.75, 3.05) is 47.1 Å². The summed E-state index contributed by atoms with van der Waals surface area (Å²) in [6.45, 7) is 18.1. The molecule has 3 aliphatic rings. The molecule has 3 heterocycles. The summed E-state index contributed by atoms with van der Waals surface area (Å²) in [6.07, 6.45) is 2.97. The smallest absolute Gasteiger partial charge is 0.407 e. The van der Waals surface area contributed by atoms with Crippen molar-refractivity contribution in [2.24, 2.45) is 29.6 Å². The molecule has 10 heteroatoms. The van der Waals surface area contributed by atoms with E-state index in [0.29, 0.717) is 43.5 Å². The fourth-order valence-corrected chi connectivity index (χ4v) is 6.86. The molecule has 0 radical (unpaired) electrons. The van der Waals surface area contributed by atoms with Crippen LogP contribution in [0.2, 0.25) is 0 Å². The van der Waals surface area contributed by atoms with Crippen LogP contribution >= 0.6 is 0 Å². The lowest BCUT2D eigenvalue weighted by Gasteiger charge is -2.45. The second kappa shape index (κ2) is 18.3. The molecule has 47 heavy (non-hydrogen) atoms. The van der Waals surface area contributed by atoms with Gasteiger partial charge in [0.15, 0.2) is 11.5 Å². The van der Waals surface area contributed by atoms with Crippen LogP contribution in [0, 0.1) is 29.6 Å². The predicted molar refractivity (Wildman–Crippen MR) is 185 cm³/mol. The number of benzene rings is 1. The van der Waals surface area contributed by atoms with Crippen LogP contribution in [0.5, 0.6) is 11.5 Å². The number of alkyl carbamates (subject to hydrolysis) is 1. The molecule has 268 valence electrons. The van der Waals surface area contributed by atoms with Gasteiger partial charge in [-0.15, -0.1) is 0 Å². The van der Waals surface area contributed by atoms with E-state index < -0.39 is 23.8 Å². The molecule has 3 saturated heterocycles. The lowest BCUT2D eigenvalue weighted by Crippen LogP contribution is -2.58. The largest absolute Gasteiger partial charge is 0.493 e. The maximum Gasteiger partial charge on any atom is 0.407 e. The van der Waals surface area contributed by atoms with Gasteiger partial charge in [0.05, 0.1) is 25.9 Å². The van der Waals surface area contributed by atoms with Gasteiger partial charge in [-0.05, 0) is 107 Å². The van der Waals surface area contributed by atoms with Crippen molar-refractivity contribution in [1.82, 2.24) is 15.5 Å². The minimum atomic E-state index is -0.941. The number of amides is 2. The number of hydrogen-bond donors (Lipinski definition) is 3. The number of nitrogens with one attached hydrogen (secondary N) is 2. The molecule has 0 spiro atoms. The van der Waals surface area contributed by atoms with Gasteiger partial charge in [0, 0.05) is 38.6 Å². The van der Waals surface area contributed by atoms with Gasteiger partial charge >= 0.3 is 6.09 Å². The van der Waals surface area contributed by atoms with Crippen molar-refractivity contribution in [1.29, 1.82) is 0 Å². The van der Waals surface area contributed by atoms with Crippen LogP contribution in [-0.2, 0) is 20.7 Å². The van der Waals surface area contributed by atoms with E-state index in [1.54, 1.807) is 14.2 Å². The summed E-state index contributed by atoms with van der Waals surface area (Å²) >= 11 is 0. The maximum atomic E-state index is 13.7. The lowest BCUT2D eigenvalue weighted by atomic mass is 9.80. The molecule has 10 nitrogen and oxygen atoms in total. The molecule has 0 aliphatic carbocycles. The fourth-order valence-electron chi connectivity index (χ4n) is 6.86. The van der Waals surface area contributed by atoms with E-state index in [9.17, 15) is 14.7 Å². The number of carbonyl (C=O) groups is 2. The Labute approximate surface area is 283 Å². The molecular formula is C37H63N3O7. The van der Waals surface area contributed by atoms with E-state index in [1.165, 1.54) is 0 Å². The van der Waals surface area contributed by atoms with E-state index in [0.717, 1.165) is 44.5 Å². The highest BCUT2D eigenvalue weighted by atomic mass is 16.6. The Morgan fingerprint density at radius 1 is 1.00 bits per heavy atom. The Hall–Kier alpha value is -2.56. The zero-order chi connectivity index (χ0) is 34.7. The normalized spacial score (nSPS) is 22.0. The summed E-state index contributed by atoms with van der Waals surface area (Å²) in [4.78, 5) is 29.2. The summed E-state index contributed by atoms with van der Waals surface area (Å²) < 4.78 is 22.3. The van der Waals surface area contributed by atoms with Crippen molar-refractivity contribution >= 4 is 12.0 Å². The van der Waals surface area contributed by atoms with Crippen molar-refractivity contribution < 1.29 is 33.6 Å². The third-order valence-electron chi connectivity index (χ3n) is 9.76. The van der Waals surface area contributed by atoms with Crippen LogP contribution in [0.4, 0.5) is 4.79 Å². The molecule has 4 rings (SSSR count).